The normalized spacial score (nSPS) is 19.7. The van der Waals surface area contributed by atoms with Crippen LogP contribution in [0.4, 0.5) is 5.69 Å². The van der Waals surface area contributed by atoms with E-state index >= 15 is 0 Å². The predicted octanol–water partition coefficient (Wildman–Crippen LogP) is 2.25. The maximum atomic E-state index is 5.12. The number of methoxy groups -OCH3 is 1. The molecule has 88 valence electrons. The highest BCUT2D eigenvalue weighted by Crippen LogP contribution is 2.15. The van der Waals surface area contributed by atoms with E-state index in [1.54, 1.807) is 7.11 Å². The zero-order chi connectivity index (χ0) is 11.2. The number of ether oxygens (including phenoxy) is 1. The largest absolute Gasteiger partial charge is 0.497 e. The van der Waals surface area contributed by atoms with Gasteiger partial charge in [0.1, 0.15) is 5.75 Å². The minimum Gasteiger partial charge on any atom is -0.497 e. The molecule has 0 radical (unpaired) electrons. The fourth-order valence-corrected chi connectivity index (χ4v) is 2.10. The van der Waals surface area contributed by atoms with Gasteiger partial charge in [-0.2, -0.15) is 0 Å². The summed E-state index contributed by atoms with van der Waals surface area (Å²) in [6.07, 6.45) is 3.85. The molecule has 1 aliphatic heterocycles. The van der Waals surface area contributed by atoms with E-state index in [9.17, 15) is 0 Å². The van der Waals surface area contributed by atoms with Gasteiger partial charge < -0.3 is 15.4 Å². The Balaban J connectivity index is 1.71. The first kappa shape index (κ1) is 11.3. The molecule has 0 saturated carbocycles. The molecule has 0 spiro atoms. The van der Waals surface area contributed by atoms with E-state index in [1.807, 2.05) is 12.1 Å². The highest BCUT2D eigenvalue weighted by Gasteiger charge is 2.12. The van der Waals surface area contributed by atoms with Gasteiger partial charge in [-0.25, -0.2) is 0 Å². The van der Waals surface area contributed by atoms with E-state index in [0.717, 1.165) is 12.3 Å². The van der Waals surface area contributed by atoms with Gasteiger partial charge in [-0.05, 0) is 50.1 Å². The molecule has 16 heavy (non-hydrogen) atoms. The lowest BCUT2D eigenvalue weighted by Crippen LogP contribution is -2.24. The summed E-state index contributed by atoms with van der Waals surface area (Å²) in [5.41, 5.74) is 1.17. The van der Waals surface area contributed by atoms with Crippen LogP contribution in [-0.2, 0) is 0 Å². The first-order chi connectivity index (χ1) is 7.88. The van der Waals surface area contributed by atoms with Crippen molar-refractivity contribution < 1.29 is 4.74 Å². The SMILES string of the molecule is COc1ccc(NCCC2CCCN2)cc1. The standard InChI is InChI=1S/C13H20N2O/c1-16-13-6-4-12(5-7-13)15-10-8-11-3-2-9-14-11/h4-7,11,14-15H,2-3,8-10H2,1H3. The van der Waals surface area contributed by atoms with E-state index < -0.39 is 0 Å². The van der Waals surface area contributed by atoms with Gasteiger partial charge in [-0.15, -0.1) is 0 Å². The quantitative estimate of drug-likeness (QED) is 0.798. The summed E-state index contributed by atoms with van der Waals surface area (Å²) in [5, 5.41) is 6.93. The van der Waals surface area contributed by atoms with Crippen LogP contribution in [0.1, 0.15) is 19.3 Å². The van der Waals surface area contributed by atoms with Gasteiger partial charge in [0.05, 0.1) is 7.11 Å². The van der Waals surface area contributed by atoms with Crippen molar-refractivity contribution in [3.8, 4) is 5.75 Å². The van der Waals surface area contributed by atoms with Crippen molar-refractivity contribution in [3.05, 3.63) is 24.3 Å². The molecule has 1 aromatic rings. The Morgan fingerprint density at radius 2 is 2.19 bits per heavy atom. The molecule has 1 aliphatic rings. The average molecular weight is 220 g/mol. The Bertz CT molecular complexity index is 304. The minimum absolute atomic E-state index is 0.714. The van der Waals surface area contributed by atoms with Crippen LogP contribution in [0.2, 0.25) is 0 Å². The maximum absolute atomic E-state index is 5.12. The second kappa shape index (κ2) is 5.75. The fraction of sp³-hybridized carbons (Fsp3) is 0.538. The summed E-state index contributed by atoms with van der Waals surface area (Å²) in [7, 11) is 1.69. The minimum atomic E-state index is 0.714. The third kappa shape index (κ3) is 3.14. The molecule has 0 aliphatic carbocycles. The average Bonchev–Trinajstić information content (AvgIpc) is 2.83. The van der Waals surface area contributed by atoms with Crippen LogP contribution in [0.15, 0.2) is 24.3 Å². The van der Waals surface area contributed by atoms with E-state index in [-0.39, 0.29) is 0 Å². The summed E-state index contributed by atoms with van der Waals surface area (Å²) in [6, 6.07) is 8.79. The summed E-state index contributed by atoms with van der Waals surface area (Å²) in [5.74, 6) is 0.906. The highest BCUT2D eigenvalue weighted by atomic mass is 16.5. The molecule has 1 heterocycles. The molecular weight excluding hydrogens is 200 g/mol. The van der Waals surface area contributed by atoms with Gasteiger partial charge in [0.2, 0.25) is 0 Å². The third-order valence-corrected chi connectivity index (χ3v) is 3.07. The Hall–Kier alpha value is -1.22. The summed E-state index contributed by atoms with van der Waals surface area (Å²) in [4.78, 5) is 0. The number of hydrogen-bond donors (Lipinski definition) is 2. The van der Waals surface area contributed by atoms with Crippen LogP contribution in [-0.4, -0.2) is 26.2 Å². The molecule has 0 amide bonds. The Morgan fingerprint density at radius 3 is 2.81 bits per heavy atom. The van der Waals surface area contributed by atoms with Crippen molar-refractivity contribution in [2.75, 3.05) is 25.5 Å². The lowest BCUT2D eigenvalue weighted by Gasteiger charge is -2.11. The first-order valence-corrected chi connectivity index (χ1v) is 6.00. The highest BCUT2D eigenvalue weighted by molar-refractivity contribution is 5.46. The maximum Gasteiger partial charge on any atom is 0.119 e. The third-order valence-electron chi connectivity index (χ3n) is 3.07. The van der Waals surface area contributed by atoms with Crippen molar-refractivity contribution in [2.45, 2.75) is 25.3 Å². The number of nitrogens with one attached hydrogen (secondary N) is 2. The van der Waals surface area contributed by atoms with Crippen molar-refractivity contribution in [2.24, 2.45) is 0 Å². The molecule has 2 N–H and O–H groups in total. The molecule has 1 unspecified atom stereocenters. The van der Waals surface area contributed by atoms with Gasteiger partial charge in [0.25, 0.3) is 0 Å². The molecule has 1 aromatic carbocycles. The van der Waals surface area contributed by atoms with Crippen molar-refractivity contribution in [1.29, 1.82) is 0 Å². The topological polar surface area (TPSA) is 33.3 Å². The number of rotatable bonds is 5. The monoisotopic (exact) mass is 220 g/mol. The Kier molecular flexibility index (Phi) is 4.05. The Morgan fingerprint density at radius 1 is 1.38 bits per heavy atom. The number of anilines is 1. The van der Waals surface area contributed by atoms with Gasteiger partial charge in [0, 0.05) is 18.3 Å². The van der Waals surface area contributed by atoms with E-state index in [4.69, 9.17) is 4.74 Å². The van der Waals surface area contributed by atoms with E-state index in [2.05, 4.69) is 22.8 Å². The second-order valence-corrected chi connectivity index (χ2v) is 4.24. The molecule has 2 rings (SSSR count). The molecule has 3 nitrogen and oxygen atoms in total. The molecule has 1 atom stereocenters. The molecule has 0 bridgehead atoms. The van der Waals surface area contributed by atoms with Gasteiger partial charge in [-0.3, -0.25) is 0 Å². The van der Waals surface area contributed by atoms with E-state index in [0.29, 0.717) is 6.04 Å². The lowest BCUT2D eigenvalue weighted by atomic mass is 10.1. The van der Waals surface area contributed by atoms with Crippen molar-refractivity contribution >= 4 is 5.69 Å². The second-order valence-electron chi connectivity index (χ2n) is 4.24. The summed E-state index contributed by atoms with van der Waals surface area (Å²) in [6.45, 7) is 2.22. The van der Waals surface area contributed by atoms with Crippen LogP contribution < -0.4 is 15.4 Å². The van der Waals surface area contributed by atoms with Crippen molar-refractivity contribution in [3.63, 3.8) is 0 Å². The Labute approximate surface area is 97.2 Å². The zero-order valence-electron chi connectivity index (χ0n) is 9.83. The van der Waals surface area contributed by atoms with Crippen molar-refractivity contribution in [1.82, 2.24) is 5.32 Å². The molecule has 1 fully saturated rings. The van der Waals surface area contributed by atoms with Crippen LogP contribution in [0, 0.1) is 0 Å². The van der Waals surface area contributed by atoms with Crippen LogP contribution >= 0.6 is 0 Å². The van der Waals surface area contributed by atoms with Gasteiger partial charge >= 0.3 is 0 Å². The number of hydrogen-bond acceptors (Lipinski definition) is 3. The van der Waals surface area contributed by atoms with Gasteiger partial charge in [0.15, 0.2) is 0 Å². The first-order valence-electron chi connectivity index (χ1n) is 6.00. The van der Waals surface area contributed by atoms with E-state index in [1.165, 1.54) is 31.5 Å². The van der Waals surface area contributed by atoms with Gasteiger partial charge in [-0.1, -0.05) is 0 Å². The van der Waals surface area contributed by atoms with Crippen LogP contribution in [0.25, 0.3) is 0 Å². The summed E-state index contributed by atoms with van der Waals surface area (Å²) >= 11 is 0. The molecule has 1 saturated heterocycles. The smallest absolute Gasteiger partial charge is 0.119 e. The number of benzene rings is 1. The molecular formula is C13H20N2O. The summed E-state index contributed by atoms with van der Waals surface area (Å²) < 4.78 is 5.12. The fourth-order valence-electron chi connectivity index (χ4n) is 2.10. The molecule has 3 heteroatoms. The van der Waals surface area contributed by atoms with Crippen LogP contribution in [0.5, 0.6) is 5.75 Å². The van der Waals surface area contributed by atoms with Crippen LogP contribution in [0.3, 0.4) is 0 Å². The molecule has 0 aromatic heterocycles. The zero-order valence-corrected chi connectivity index (χ0v) is 9.83. The predicted molar refractivity (Wildman–Crippen MR) is 67.1 cm³/mol. The lowest BCUT2D eigenvalue weighted by molar-refractivity contribution is 0.415.